The molecule has 0 saturated carbocycles. The van der Waals surface area contributed by atoms with Crippen LogP contribution in [0.25, 0.3) is 16.8 Å². The van der Waals surface area contributed by atoms with Gasteiger partial charge < -0.3 is 4.90 Å². The Morgan fingerprint density at radius 3 is 2.31 bits per heavy atom. The Morgan fingerprint density at radius 1 is 1.07 bits per heavy atom. The third-order valence-electron chi connectivity index (χ3n) is 4.47. The van der Waals surface area contributed by atoms with Gasteiger partial charge in [0.2, 0.25) is 10.0 Å². The maximum Gasteiger partial charge on any atom is 0.276 e. The number of carbonyl (C=O) groups excluding carboxylic acids is 1. The van der Waals surface area contributed by atoms with Crippen LogP contribution < -0.4 is 4.72 Å². The van der Waals surface area contributed by atoms with Crippen LogP contribution in [-0.4, -0.2) is 60.6 Å². The Bertz CT molecular complexity index is 1090. The molecule has 3 aromatic rings. The van der Waals surface area contributed by atoms with Crippen molar-refractivity contribution in [2.45, 2.75) is 6.92 Å². The molecule has 0 saturated heterocycles. The number of rotatable bonds is 7. The Balaban J connectivity index is 1.74. The molecule has 0 unspecified atom stereocenters. The number of sulfonamides is 1. The van der Waals surface area contributed by atoms with Crippen molar-refractivity contribution in [1.29, 1.82) is 0 Å². The Labute approximate surface area is 170 Å². The average molecular weight is 414 g/mol. The normalized spacial score (nSPS) is 11.4. The molecule has 3 rings (SSSR count). The van der Waals surface area contributed by atoms with Crippen LogP contribution in [0.1, 0.15) is 16.2 Å². The molecule has 8 nitrogen and oxygen atoms in total. The SMILES string of the molecule is Cc1c(C(=O)N(C)CCNS(C)(=O)=O)nnn1-c1ccc(-c2ccccc2)cc1. The van der Waals surface area contributed by atoms with Crippen molar-refractivity contribution in [3.63, 3.8) is 0 Å². The van der Waals surface area contributed by atoms with E-state index in [0.717, 1.165) is 23.1 Å². The Hall–Kier alpha value is -3.04. The van der Waals surface area contributed by atoms with Gasteiger partial charge >= 0.3 is 0 Å². The van der Waals surface area contributed by atoms with Crippen LogP contribution in [0.15, 0.2) is 54.6 Å². The first-order valence-corrected chi connectivity index (χ1v) is 10.9. The fourth-order valence-corrected chi connectivity index (χ4v) is 3.34. The molecule has 0 bridgehead atoms. The zero-order valence-corrected chi connectivity index (χ0v) is 17.3. The van der Waals surface area contributed by atoms with E-state index in [1.54, 1.807) is 18.7 Å². The molecule has 2 aromatic carbocycles. The quantitative estimate of drug-likeness (QED) is 0.638. The van der Waals surface area contributed by atoms with Crippen molar-refractivity contribution < 1.29 is 13.2 Å². The maximum atomic E-state index is 12.6. The summed E-state index contributed by atoms with van der Waals surface area (Å²) in [4.78, 5) is 14.1. The number of nitrogens with one attached hydrogen (secondary N) is 1. The molecule has 0 aliphatic rings. The fraction of sp³-hybridized carbons (Fsp3) is 0.250. The zero-order chi connectivity index (χ0) is 21.0. The summed E-state index contributed by atoms with van der Waals surface area (Å²) in [6, 6.07) is 17.9. The lowest BCUT2D eigenvalue weighted by atomic mass is 10.1. The maximum absolute atomic E-state index is 12.6. The van der Waals surface area contributed by atoms with Gasteiger partial charge in [0.15, 0.2) is 5.69 Å². The summed E-state index contributed by atoms with van der Waals surface area (Å²) >= 11 is 0. The molecule has 1 N–H and O–H groups in total. The highest BCUT2D eigenvalue weighted by Gasteiger charge is 2.20. The summed E-state index contributed by atoms with van der Waals surface area (Å²) < 4.78 is 26.3. The zero-order valence-electron chi connectivity index (χ0n) is 16.5. The number of benzene rings is 2. The van der Waals surface area contributed by atoms with Crippen LogP contribution in [0, 0.1) is 6.92 Å². The fourth-order valence-electron chi connectivity index (χ4n) is 2.88. The second-order valence-electron chi connectivity index (χ2n) is 6.74. The lowest BCUT2D eigenvalue weighted by Gasteiger charge is -2.16. The predicted octanol–water partition coefficient (Wildman–Crippen LogP) is 1.86. The van der Waals surface area contributed by atoms with Gasteiger partial charge in [-0.2, -0.15) is 0 Å². The van der Waals surface area contributed by atoms with Gasteiger partial charge in [-0.1, -0.05) is 47.7 Å². The molecule has 1 amide bonds. The van der Waals surface area contributed by atoms with Crippen molar-refractivity contribution in [1.82, 2.24) is 24.6 Å². The average Bonchev–Trinajstić information content (AvgIpc) is 3.08. The summed E-state index contributed by atoms with van der Waals surface area (Å²) in [5.74, 6) is -0.315. The number of nitrogens with zero attached hydrogens (tertiary/aromatic N) is 4. The number of hydrogen-bond donors (Lipinski definition) is 1. The minimum Gasteiger partial charge on any atom is -0.339 e. The van der Waals surface area contributed by atoms with Crippen molar-refractivity contribution >= 4 is 15.9 Å². The first kappa shape index (κ1) is 20.7. The van der Waals surface area contributed by atoms with Crippen molar-refractivity contribution in [2.75, 3.05) is 26.4 Å². The van der Waals surface area contributed by atoms with E-state index in [1.165, 1.54) is 4.90 Å². The van der Waals surface area contributed by atoms with Gasteiger partial charge in [-0.3, -0.25) is 4.79 Å². The number of carbonyl (C=O) groups is 1. The van der Waals surface area contributed by atoms with Crippen LogP contribution in [-0.2, 0) is 10.0 Å². The van der Waals surface area contributed by atoms with Gasteiger partial charge in [-0.05, 0) is 30.2 Å². The number of amides is 1. The summed E-state index contributed by atoms with van der Waals surface area (Å²) in [5.41, 5.74) is 3.86. The summed E-state index contributed by atoms with van der Waals surface area (Å²) in [6.45, 7) is 2.14. The van der Waals surface area contributed by atoms with Crippen LogP contribution in [0.4, 0.5) is 0 Å². The minimum atomic E-state index is -3.29. The molecule has 0 fully saturated rings. The molecule has 0 aliphatic heterocycles. The standard InChI is InChI=1S/C20H23N5O3S/c1-15-19(20(26)24(2)14-13-21-29(3,27)28)22-23-25(15)18-11-9-17(10-12-18)16-7-5-4-6-8-16/h4-12,21H,13-14H2,1-3H3. The minimum absolute atomic E-state index is 0.134. The second-order valence-corrected chi connectivity index (χ2v) is 8.57. The molecule has 0 atom stereocenters. The number of aromatic nitrogens is 3. The molecular formula is C20H23N5O3S. The Morgan fingerprint density at radius 2 is 1.69 bits per heavy atom. The van der Waals surface area contributed by atoms with E-state index < -0.39 is 10.0 Å². The molecule has 152 valence electrons. The van der Waals surface area contributed by atoms with E-state index in [4.69, 9.17) is 0 Å². The third-order valence-corrected chi connectivity index (χ3v) is 5.20. The molecule has 0 aliphatic carbocycles. The van der Waals surface area contributed by atoms with Gasteiger partial charge in [0.05, 0.1) is 17.6 Å². The lowest BCUT2D eigenvalue weighted by Crippen LogP contribution is -2.36. The summed E-state index contributed by atoms with van der Waals surface area (Å²) in [6.07, 6.45) is 1.08. The van der Waals surface area contributed by atoms with E-state index in [9.17, 15) is 13.2 Å². The van der Waals surface area contributed by atoms with Crippen molar-refractivity contribution in [3.8, 4) is 16.8 Å². The molecule has 1 heterocycles. The first-order chi connectivity index (χ1) is 13.8. The molecular weight excluding hydrogens is 390 g/mol. The van der Waals surface area contributed by atoms with E-state index in [1.807, 2.05) is 54.6 Å². The largest absolute Gasteiger partial charge is 0.339 e. The van der Waals surface area contributed by atoms with Crippen LogP contribution in [0.5, 0.6) is 0 Å². The summed E-state index contributed by atoms with van der Waals surface area (Å²) in [5, 5.41) is 8.15. The van der Waals surface area contributed by atoms with Gasteiger partial charge in [0, 0.05) is 20.1 Å². The number of hydrogen-bond acceptors (Lipinski definition) is 5. The first-order valence-electron chi connectivity index (χ1n) is 9.04. The van der Waals surface area contributed by atoms with Crippen LogP contribution >= 0.6 is 0 Å². The Kier molecular flexibility index (Phi) is 6.09. The highest BCUT2D eigenvalue weighted by molar-refractivity contribution is 7.88. The number of likely N-dealkylation sites (N-methyl/N-ethyl adjacent to an activating group) is 1. The monoisotopic (exact) mass is 413 g/mol. The van der Waals surface area contributed by atoms with Crippen molar-refractivity contribution in [3.05, 3.63) is 66.0 Å². The van der Waals surface area contributed by atoms with E-state index in [2.05, 4.69) is 15.0 Å². The smallest absolute Gasteiger partial charge is 0.276 e. The molecule has 0 radical (unpaired) electrons. The lowest BCUT2D eigenvalue weighted by molar-refractivity contribution is 0.0791. The van der Waals surface area contributed by atoms with Crippen LogP contribution in [0.2, 0.25) is 0 Å². The van der Waals surface area contributed by atoms with Crippen molar-refractivity contribution in [2.24, 2.45) is 0 Å². The predicted molar refractivity (Wildman–Crippen MR) is 111 cm³/mol. The highest BCUT2D eigenvalue weighted by atomic mass is 32.2. The highest BCUT2D eigenvalue weighted by Crippen LogP contribution is 2.21. The summed E-state index contributed by atoms with van der Waals surface area (Å²) in [7, 11) is -1.70. The molecule has 1 aromatic heterocycles. The van der Waals surface area contributed by atoms with E-state index in [-0.39, 0.29) is 24.7 Å². The van der Waals surface area contributed by atoms with E-state index in [0.29, 0.717) is 5.69 Å². The van der Waals surface area contributed by atoms with Crippen LogP contribution in [0.3, 0.4) is 0 Å². The second kappa shape index (κ2) is 8.54. The third kappa shape index (κ3) is 5.07. The van der Waals surface area contributed by atoms with Gasteiger partial charge in [-0.25, -0.2) is 17.8 Å². The topological polar surface area (TPSA) is 97.2 Å². The molecule has 29 heavy (non-hydrogen) atoms. The molecule has 0 spiro atoms. The van der Waals surface area contributed by atoms with E-state index >= 15 is 0 Å². The molecule has 9 heteroatoms. The van der Waals surface area contributed by atoms with Gasteiger partial charge in [-0.15, -0.1) is 5.10 Å². The van der Waals surface area contributed by atoms with Gasteiger partial charge in [0.25, 0.3) is 5.91 Å². The van der Waals surface area contributed by atoms with Gasteiger partial charge in [0.1, 0.15) is 0 Å².